The van der Waals surface area contributed by atoms with Crippen LogP contribution in [0.5, 0.6) is 0 Å². The second-order valence-electron chi connectivity index (χ2n) is 3.53. The maximum Gasteiger partial charge on any atom is 0.253 e. The number of ether oxygens (including phenoxy) is 1. The SMILES string of the molecule is COCC(C)NC(=O)c1cccc(Cl)c1N. The molecule has 1 aromatic rings. The van der Waals surface area contributed by atoms with Crippen molar-refractivity contribution in [1.29, 1.82) is 0 Å². The molecule has 1 aromatic carbocycles. The minimum absolute atomic E-state index is 0.0733. The molecule has 1 atom stereocenters. The number of methoxy groups -OCH3 is 1. The molecule has 0 saturated heterocycles. The minimum atomic E-state index is -0.246. The molecule has 0 heterocycles. The van der Waals surface area contributed by atoms with Crippen LogP contribution in [0.4, 0.5) is 5.69 Å². The third-order valence-electron chi connectivity index (χ3n) is 2.09. The van der Waals surface area contributed by atoms with E-state index in [1.165, 1.54) is 0 Å². The Morgan fingerprint density at radius 3 is 2.94 bits per heavy atom. The number of nitrogens with two attached hydrogens (primary N) is 1. The number of carbonyl (C=O) groups is 1. The normalized spacial score (nSPS) is 12.2. The summed E-state index contributed by atoms with van der Waals surface area (Å²) in [6.45, 7) is 2.30. The molecule has 1 unspecified atom stereocenters. The number of rotatable bonds is 4. The molecule has 0 radical (unpaired) electrons. The second-order valence-corrected chi connectivity index (χ2v) is 3.94. The molecule has 3 N–H and O–H groups in total. The van der Waals surface area contributed by atoms with E-state index in [1.54, 1.807) is 25.3 Å². The number of hydrogen-bond donors (Lipinski definition) is 2. The van der Waals surface area contributed by atoms with Crippen molar-refractivity contribution in [2.45, 2.75) is 13.0 Å². The van der Waals surface area contributed by atoms with Gasteiger partial charge in [-0.1, -0.05) is 17.7 Å². The lowest BCUT2D eigenvalue weighted by atomic mass is 10.1. The summed E-state index contributed by atoms with van der Waals surface area (Å²) < 4.78 is 4.92. The Bertz CT molecular complexity index is 382. The summed E-state index contributed by atoms with van der Waals surface area (Å²) in [4.78, 5) is 11.8. The zero-order valence-electron chi connectivity index (χ0n) is 9.29. The minimum Gasteiger partial charge on any atom is -0.397 e. The van der Waals surface area contributed by atoms with E-state index in [9.17, 15) is 4.79 Å². The monoisotopic (exact) mass is 242 g/mol. The van der Waals surface area contributed by atoms with E-state index >= 15 is 0 Å². The Morgan fingerprint density at radius 1 is 1.62 bits per heavy atom. The van der Waals surface area contributed by atoms with Gasteiger partial charge in [-0.15, -0.1) is 0 Å². The van der Waals surface area contributed by atoms with Crippen molar-refractivity contribution in [3.8, 4) is 0 Å². The molecule has 5 heteroatoms. The zero-order valence-corrected chi connectivity index (χ0v) is 10.0. The van der Waals surface area contributed by atoms with Gasteiger partial charge in [0, 0.05) is 13.2 Å². The highest BCUT2D eigenvalue weighted by molar-refractivity contribution is 6.33. The highest BCUT2D eigenvalue weighted by Crippen LogP contribution is 2.22. The summed E-state index contributed by atoms with van der Waals surface area (Å²) in [5.41, 5.74) is 6.39. The van der Waals surface area contributed by atoms with Crippen LogP contribution in [0.25, 0.3) is 0 Å². The number of nitrogen functional groups attached to an aromatic ring is 1. The van der Waals surface area contributed by atoms with Gasteiger partial charge in [-0.25, -0.2) is 0 Å². The van der Waals surface area contributed by atoms with E-state index in [0.717, 1.165) is 0 Å². The van der Waals surface area contributed by atoms with Gasteiger partial charge in [0.1, 0.15) is 0 Å². The van der Waals surface area contributed by atoms with Gasteiger partial charge in [0.05, 0.1) is 22.9 Å². The molecule has 88 valence electrons. The average molecular weight is 243 g/mol. The third kappa shape index (κ3) is 3.12. The summed E-state index contributed by atoms with van der Waals surface area (Å²) in [7, 11) is 1.58. The first-order chi connectivity index (χ1) is 7.56. The van der Waals surface area contributed by atoms with Crippen molar-refractivity contribution >= 4 is 23.2 Å². The fourth-order valence-electron chi connectivity index (χ4n) is 1.33. The third-order valence-corrected chi connectivity index (χ3v) is 2.42. The fraction of sp³-hybridized carbons (Fsp3) is 0.364. The van der Waals surface area contributed by atoms with Crippen LogP contribution >= 0.6 is 11.6 Å². The van der Waals surface area contributed by atoms with Gasteiger partial charge in [-0.3, -0.25) is 4.79 Å². The predicted molar refractivity (Wildman–Crippen MR) is 64.7 cm³/mol. The van der Waals surface area contributed by atoms with Crippen LogP contribution in [0, 0.1) is 0 Å². The van der Waals surface area contributed by atoms with Crippen LogP contribution in [-0.2, 0) is 4.74 Å². The maximum absolute atomic E-state index is 11.8. The fourth-order valence-corrected chi connectivity index (χ4v) is 1.50. The lowest BCUT2D eigenvalue weighted by Crippen LogP contribution is -2.35. The van der Waals surface area contributed by atoms with E-state index in [4.69, 9.17) is 22.1 Å². The topological polar surface area (TPSA) is 64.3 Å². The molecule has 0 aliphatic rings. The van der Waals surface area contributed by atoms with E-state index in [0.29, 0.717) is 22.9 Å². The zero-order chi connectivity index (χ0) is 12.1. The van der Waals surface area contributed by atoms with E-state index in [1.807, 2.05) is 6.92 Å². The van der Waals surface area contributed by atoms with Gasteiger partial charge in [0.2, 0.25) is 0 Å². The van der Waals surface area contributed by atoms with Crippen molar-refractivity contribution in [3.05, 3.63) is 28.8 Å². The molecule has 0 aliphatic heterocycles. The molecular weight excluding hydrogens is 228 g/mol. The summed E-state index contributed by atoms with van der Waals surface area (Å²) in [6, 6.07) is 4.90. The van der Waals surface area contributed by atoms with Crippen LogP contribution in [0.2, 0.25) is 5.02 Å². The lowest BCUT2D eigenvalue weighted by molar-refractivity contribution is 0.0906. The summed E-state index contributed by atoms with van der Waals surface area (Å²) in [6.07, 6.45) is 0. The van der Waals surface area contributed by atoms with Crippen molar-refractivity contribution in [3.63, 3.8) is 0 Å². The number of benzene rings is 1. The van der Waals surface area contributed by atoms with Crippen molar-refractivity contribution in [2.24, 2.45) is 0 Å². The molecule has 0 aliphatic carbocycles. The average Bonchev–Trinajstić information content (AvgIpc) is 2.22. The van der Waals surface area contributed by atoms with Crippen molar-refractivity contribution in [2.75, 3.05) is 19.5 Å². The summed E-state index contributed by atoms with van der Waals surface area (Å²) >= 11 is 5.83. The maximum atomic E-state index is 11.8. The summed E-state index contributed by atoms with van der Waals surface area (Å²) in [5, 5.41) is 3.14. The Hall–Kier alpha value is -1.26. The van der Waals surface area contributed by atoms with Crippen LogP contribution < -0.4 is 11.1 Å². The molecular formula is C11H15ClN2O2. The van der Waals surface area contributed by atoms with Gasteiger partial charge in [-0.2, -0.15) is 0 Å². The summed E-state index contributed by atoms with van der Waals surface area (Å²) in [5.74, 6) is -0.246. The van der Waals surface area contributed by atoms with Gasteiger partial charge >= 0.3 is 0 Å². The first kappa shape index (κ1) is 12.8. The highest BCUT2D eigenvalue weighted by atomic mass is 35.5. The predicted octanol–water partition coefficient (Wildman–Crippen LogP) is 1.69. The van der Waals surface area contributed by atoms with Gasteiger partial charge in [-0.05, 0) is 19.1 Å². The number of anilines is 1. The number of carbonyl (C=O) groups excluding carboxylic acids is 1. The quantitative estimate of drug-likeness (QED) is 0.790. The van der Waals surface area contributed by atoms with Gasteiger partial charge < -0.3 is 15.8 Å². The van der Waals surface area contributed by atoms with Crippen molar-refractivity contribution in [1.82, 2.24) is 5.32 Å². The van der Waals surface area contributed by atoms with E-state index in [2.05, 4.69) is 5.32 Å². The Balaban J connectivity index is 2.77. The van der Waals surface area contributed by atoms with Crippen LogP contribution in [-0.4, -0.2) is 25.7 Å². The number of nitrogens with one attached hydrogen (secondary N) is 1. The Kier molecular flexibility index (Phi) is 4.58. The lowest BCUT2D eigenvalue weighted by Gasteiger charge is -2.14. The first-order valence-electron chi connectivity index (χ1n) is 4.90. The van der Waals surface area contributed by atoms with Crippen LogP contribution in [0.15, 0.2) is 18.2 Å². The van der Waals surface area contributed by atoms with Crippen LogP contribution in [0.3, 0.4) is 0 Å². The molecule has 0 saturated carbocycles. The number of hydrogen-bond acceptors (Lipinski definition) is 3. The molecule has 1 rings (SSSR count). The largest absolute Gasteiger partial charge is 0.397 e. The van der Waals surface area contributed by atoms with Gasteiger partial charge in [0.15, 0.2) is 0 Å². The van der Waals surface area contributed by atoms with E-state index in [-0.39, 0.29) is 11.9 Å². The number of amides is 1. The molecule has 0 fully saturated rings. The Morgan fingerprint density at radius 2 is 2.31 bits per heavy atom. The Labute approximate surface area is 99.7 Å². The molecule has 0 bridgehead atoms. The number of halogens is 1. The second kappa shape index (κ2) is 5.72. The first-order valence-corrected chi connectivity index (χ1v) is 5.27. The molecule has 4 nitrogen and oxygen atoms in total. The smallest absolute Gasteiger partial charge is 0.253 e. The molecule has 0 aromatic heterocycles. The molecule has 1 amide bonds. The molecule has 16 heavy (non-hydrogen) atoms. The van der Waals surface area contributed by atoms with Crippen molar-refractivity contribution < 1.29 is 9.53 Å². The standard InChI is InChI=1S/C11H15ClN2O2/c1-7(6-16-2)14-11(15)8-4-3-5-9(12)10(8)13/h3-5,7H,6,13H2,1-2H3,(H,14,15). The molecule has 0 spiro atoms. The van der Waals surface area contributed by atoms with E-state index < -0.39 is 0 Å². The van der Waals surface area contributed by atoms with Crippen LogP contribution in [0.1, 0.15) is 17.3 Å². The number of para-hydroxylation sites is 1. The van der Waals surface area contributed by atoms with Gasteiger partial charge in [0.25, 0.3) is 5.91 Å². The highest BCUT2D eigenvalue weighted by Gasteiger charge is 2.13.